The van der Waals surface area contributed by atoms with E-state index in [1.54, 1.807) is 14.2 Å². The summed E-state index contributed by atoms with van der Waals surface area (Å²) in [4.78, 5) is 0. The number of hydrogen-bond donors (Lipinski definition) is 1. The minimum atomic E-state index is 0.202. The van der Waals surface area contributed by atoms with Crippen LogP contribution in [-0.4, -0.2) is 34.0 Å². The molecule has 5 heteroatoms. The van der Waals surface area contributed by atoms with E-state index in [2.05, 4.69) is 29.6 Å². The molecular formula is C21H28NO4+. The average molecular weight is 358 g/mol. The van der Waals surface area contributed by atoms with Crippen LogP contribution in [0.15, 0.2) is 30.3 Å². The largest absolute Gasteiger partial charge is 0.493 e. The summed E-state index contributed by atoms with van der Waals surface area (Å²) in [7, 11) is 3.36. The fourth-order valence-corrected chi connectivity index (χ4v) is 3.55. The van der Waals surface area contributed by atoms with Gasteiger partial charge in [-0.05, 0) is 49.7 Å². The molecule has 5 nitrogen and oxygen atoms in total. The van der Waals surface area contributed by atoms with Crippen molar-refractivity contribution < 1.29 is 24.3 Å². The van der Waals surface area contributed by atoms with Gasteiger partial charge in [0.15, 0.2) is 23.0 Å². The lowest BCUT2D eigenvalue weighted by Crippen LogP contribution is -2.87. The molecule has 1 aliphatic rings. The summed E-state index contributed by atoms with van der Waals surface area (Å²) in [6.07, 6.45) is 1.02. The highest BCUT2D eigenvalue weighted by Gasteiger charge is 2.28. The van der Waals surface area contributed by atoms with E-state index in [0.29, 0.717) is 13.2 Å². The van der Waals surface area contributed by atoms with E-state index in [1.807, 2.05) is 19.9 Å². The standard InChI is InChI=1S/C21H27NO4/c1-5-25-17-8-7-15(12-18(17)23-3)21-16-13-19(24-4)20(26-6-2)11-14(16)9-10-22-21/h7-8,11-13,21-22H,5-6,9-10H2,1-4H3/p+1/t21-/m1/s1. The van der Waals surface area contributed by atoms with Crippen LogP contribution in [-0.2, 0) is 6.42 Å². The molecule has 1 aliphatic heterocycles. The van der Waals surface area contributed by atoms with Crippen molar-refractivity contribution >= 4 is 0 Å². The highest BCUT2D eigenvalue weighted by molar-refractivity contribution is 5.52. The quantitative estimate of drug-likeness (QED) is 0.827. The van der Waals surface area contributed by atoms with Gasteiger partial charge in [0, 0.05) is 17.5 Å². The normalized spacial score (nSPS) is 15.9. The van der Waals surface area contributed by atoms with Gasteiger partial charge < -0.3 is 24.3 Å². The van der Waals surface area contributed by atoms with Crippen LogP contribution in [0.3, 0.4) is 0 Å². The van der Waals surface area contributed by atoms with E-state index in [1.165, 1.54) is 16.7 Å². The van der Waals surface area contributed by atoms with Crippen molar-refractivity contribution in [1.82, 2.24) is 0 Å². The van der Waals surface area contributed by atoms with Crippen molar-refractivity contribution in [2.75, 3.05) is 34.0 Å². The van der Waals surface area contributed by atoms with Gasteiger partial charge in [-0.25, -0.2) is 0 Å². The minimum Gasteiger partial charge on any atom is -0.493 e. The summed E-state index contributed by atoms with van der Waals surface area (Å²) in [5.74, 6) is 3.14. The maximum Gasteiger partial charge on any atom is 0.161 e. The van der Waals surface area contributed by atoms with Crippen molar-refractivity contribution in [1.29, 1.82) is 0 Å². The highest BCUT2D eigenvalue weighted by Crippen LogP contribution is 2.37. The third kappa shape index (κ3) is 3.58. The molecule has 0 aliphatic carbocycles. The van der Waals surface area contributed by atoms with E-state index in [-0.39, 0.29) is 6.04 Å². The Kier molecular flexibility index (Phi) is 5.89. The SMILES string of the molecule is CCOc1ccc([C@H]2[NH2+]CCc3cc(OCC)c(OC)cc32)cc1OC. The van der Waals surface area contributed by atoms with E-state index in [9.17, 15) is 0 Å². The molecule has 0 unspecified atom stereocenters. The second-order valence-electron chi connectivity index (χ2n) is 6.23. The molecule has 1 heterocycles. The molecule has 2 aromatic rings. The number of benzene rings is 2. The minimum absolute atomic E-state index is 0.202. The fraction of sp³-hybridized carbons (Fsp3) is 0.429. The molecule has 0 aromatic heterocycles. The number of rotatable bonds is 7. The first-order valence-electron chi connectivity index (χ1n) is 9.19. The number of nitrogens with two attached hydrogens (primary N) is 1. The lowest BCUT2D eigenvalue weighted by molar-refractivity contribution is -0.690. The molecule has 3 rings (SSSR count). The monoisotopic (exact) mass is 358 g/mol. The van der Waals surface area contributed by atoms with Gasteiger partial charge in [0.2, 0.25) is 0 Å². The first-order valence-corrected chi connectivity index (χ1v) is 9.19. The van der Waals surface area contributed by atoms with Crippen LogP contribution < -0.4 is 24.3 Å². The van der Waals surface area contributed by atoms with E-state index >= 15 is 0 Å². The zero-order valence-electron chi connectivity index (χ0n) is 16.0. The zero-order chi connectivity index (χ0) is 18.5. The smallest absolute Gasteiger partial charge is 0.161 e. The summed E-state index contributed by atoms with van der Waals surface area (Å²) in [6, 6.07) is 10.6. The molecule has 0 saturated heterocycles. The number of fused-ring (bicyclic) bond motifs is 1. The van der Waals surface area contributed by atoms with Crippen LogP contribution in [0.4, 0.5) is 0 Å². The summed E-state index contributed by atoms with van der Waals surface area (Å²) in [5.41, 5.74) is 3.77. The van der Waals surface area contributed by atoms with Gasteiger partial charge in [0.1, 0.15) is 6.04 Å². The Hall–Kier alpha value is -2.40. The molecule has 2 N–H and O–H groups in total. The Morgan fingerprint density at radius 2 is 1.58 bits per heavy atom. The fourth-order valence-electron chi connectivity index (χ4n) is 3.55. The van der Waals surface area contributed by atoms with E-state index in [4.69, 9.17) is 18.9 Å². The van der Waals surface area contributed by atoms with Crippen LogP contribution in [0.25, 0.3) is 0 Å². The van der Waals surface area contributed by atoms with Crippen molar-refractivity contribution in [3.63, 3.8) is 0 Å². The molecule has 0 radical (unpaired) electrons. The number of quaternary nitrogens is 1. The van der Waals surface area contributed by atoms with Crippen molar-refractivity contribution in [2.24, 2.45) is 0 Å². The molecule has 0 amide bonds. The maximum absolute atomic E-state index is 5.74. The molecule has 1 atom stereocenters. The van der Waals surface area contributed by atoms with Gasteiger partial charge in [0.25, 0.3) is 0 Å². The van der Waals surface area contributed by atoms with Crippen LogP contribution in [0, 0.1) is 0 Å². The van der Waals surface area contributed by atoms with Crippen LogP contribution >= 0.6 is 0 Å². The summed E-state index contributed by atoms with van der Waals surface area (Å²) < 4.78 is 22.5. The molecule has 140 valence electrons. The van der Waals surface area contributed by atoms with Gasteiger partial charge in [-0.2, -0.15) is 0 Å². The van der Waals surface area contributed by atoms with Gasteiger partial charge in [-0.1, -0.05) is 0 Å². The van der Waals surface area contributed by atoms with E-state index < -0.39 is 0 Å². The predicted molar refractivity (Wildman–Crippen MR) is 101 cm³/mol. The van der Waals surface area contributed by atoms with Crippen LogP contribution in [0.2, 0.25) is 0 Å². The van der Waals surface area contributed by atoms with Crippen LogP contribution in [0.1, 0.15) is 36.6 Å². The van der Waals surface area contributed by atoms with Gasteiger partial charge in [0.05, 0.1) is 34.0 Å². The lowest BCUT2D eigenvalue weighted by Gasteiger charge is -2.26. The second kappa shape index (κ2) is 8.32. The van der Waals surface area contributed by atoms with Crippen molar-refractivity contribution in [2.45, 2.75) is 26.3 Å². The summed E-state index contributed by atoms with van der Waals surface area (Å²) >= 11 is 0. The average Bonchev–Trinajstić information content (AvgIpc) is 2.67. The highest BCUT2D eigenvalue weighted by atomic mass is 16.5. The Balaban J connectivity index is 2.01. The molecular weight excluding hydrogens is 330 g/mol. The summed E-state index contributed by atoms with van der Waals surface area (Å²) in [6.45, 7) is 6.24. The Bertz CT molecular complexity index is 760. The zero-order valence-corrected chi connectivity index (χ0v) is 16.0. The Labute approximate surface area is 155 Å². The maximum atomic E-state index is 5.74. The summed E-state index contributed by atoms with van der Waals surface area (Å²) in [5, 5.41) is 2.36. The lowest BCUT2D eigenvalue weighted by atomic mass is 9.89. The Morgan fingerprint density at radius 1 is 0.885 bits per heavy atom. The first-order chi connectivity index (χ1) is 12.7. The van der Waals surface area contributed by atoms with Crippen LogP contribution in [0.5, 0.6) is 23.0 Å². The second-order valence-corrected chi connectivity index (χ2v) is 6.23. The molecule has 0 bridgehead atoms. The van der Waals surface area contributed by atoms with Gasteiger partial charge in [-0.15, -0.1) is 0 Å². The number of hydrogen-bond acceptors (Lipinski definition) is 4. The molecule has 0 saturated carbocycles. The third-order valence-corrected chi connectivity index (χ3v) is 4.72. The van der Waals surface area contributed by atoms with Crippen molar-refractivity contribution in [3.8, 4) is 23.0 Å². The predicted octanol–water partition coefficient (Wildman–Crippen LogP) is 2.71. The van der Waals surface area contributed by atoms with Crippen molar-refractivity contribution in [3.05, 3.63) is 47.0 Å². The first kappa shape index (κ1) is 18.4. The number of ether oxygens (including phenoxy) is 4. The van der Waals surface area contributed by atoms with E-state index in [0.717, 1.165) is 36.0 Å². The van der Waals surface area contributed by atoms with Gasteiger partial charge >= 0.3 is 0 Å². The number of methoxy groups -OCH3 is 2. The molecule has 0 spiro atoms. The molecule has 26 heavy (non-hydrogen) atoms. The van der Waals surface area contributed by atoms with Gasteiger partial charge in [-0.3, -0.25) is 0 Å². The molecule has 0 fully saturated rings. The third-order valence-electron chi connectivity index (χ3n) is 4.72. The topological polar surface area (TPSA) is 53.5 Å². The molecule has 2 aromatic carbocycles. The Morgan fingerprint density at radius 3 is 2.27 bits per heavy atom.